The number of nitrogens with zero attached hydrogens (tertiary/aromatic N) is 1. The van der Waals surface area contributed by atoms with Gasteiger partial charge < -0.3 is 9.47 Å². The molecule has 0 aliphatic heterocycles. The maximum Gasteiger partial charge on any atom is 0.351 e. The smallest absolute Gasteiger partial charge is 0.351 e. The molecule has 0 rings (SSSR count). The van der Waals surface area contributed by atoms with Crippen LogP contribution in [0.25, 0.3) is 0 Å². The van der Waals surface area contributed by atoms with Crippen LogP contribution in [0.5, 0.6) is 0 Å². The van der Waals surface area contributed by atoms with Crippen LogP contribution in [0.4, 0.5) is 0 Å². The van der Waals surface area contributed by atoms with Crippen molar-refractivity contribution in [2.75, 3.05) is 0 Å². The van der Waals surface area contributed by atoms with Crippen molar-refractivity contribution in [1.29, 1.82) is 5.26 Å². The van der Waals surface area contributed by atoms with Crippen LogP contribution in [-0.2, 0) is 19.1 Å². The summed E-state index contributed by atoms with van der Waals surface area (Å²) in [5, 5.41) is 8.37. The van der Waals surface area contributed by atoms with Gasteiger partial charge in [-0.25, -0.2) is 4.79 Å². The van der Waals surface area contributed by atoms with E-state index < -0.39 is 18.2 Å². The molecule has 0 N–H and O–H groups in total. The summed E-state index contributed by atoms with van der Waals surface area (Å²) >= 11 is 0. The number of carbonyl (C=O) groups is 2. The fraction of sp³-hybridized carbons (Fsp3) is 0.500. The van der Waals surface area contributed by atoms with Gasteiger partial charge in [-0.2, -0.15) is 5.26 Å². The Balaban J connectivity index is 4.28. The summed E-state index contributed by atoms with van der Waals surface area (Å²) in [6.07, 6.45) is 0.138. The Labute approximate surface area is 88.3 Å². The highest BCUT2D eigenvalue weighted by atomic mass is 16.7. The van der Waals surface area contributed by atoms with Gasteiger partial charge >= 0.3 is 11.9 Å². The summed E-state index contributed by atoms with van der Waals surface area (Å²) in [6, 6.07) is 1.56. The first kappa shape index (κ1) is 13.2. The molecular formula is C10H13NO4. The fourth-order valence-electron chi connectivity index (χ4n) is 0.799. The molecule has 82 valence electrons. The number of esters is 2. The molecule has 0 aliphatic rings. The largest absolute Gasteiger partial charge is 0.425 e. The molecule has 15 heavy (non-hydrogen) atoms. The van der Waals surface area contributed by atoms with Crippen LogP contribution in [0.2, 0.25) is 0 Å². The van der Waals surface area contributed by atoms with E-state index in [1.165, 1.54) is 6.92 Å². The van der Waals surface area contributed by atoms with Gasteiger partial charge in [0.05, 0.1) is 0 Å². The lowest BCUT2D eigenvalue weighted by atomic mass is 10.3. The standard InChI is InChI=1S/C10H13NO4/c1-4-5-9(14-8(3)12)15-10(13)7(2)6-11/h9H,2,4-5H2,1,3H3. The minimum Gasteiger partial charge on any atom is -0.425 e. The lowest BCUT2D eigenvalue weighted by Gasteiger charge is -2.15. The summed E-state index contributed by atoms with van der Waals surface area (Å²) in [6.45, 7) is 6.26. The highest BCUT2D eigenvalue weighted by Crippen LogP contribution is 2.07. The molecule has 5 heteroatoms. The van der Waals surface area contributed by atoms with Crippen molar-refractivity contribution in [2.24, 2.45) is 0 Å². The van der Waals surface area contributed by atoms with Crippen LogP contribution in [0.1, 0.15) is 26.7 Å². The first-order chi connectivity index (χ1) is 7.01. The molecule has 0 aromatic rings. The van der Waals surface area contributed by atoms with Crippen LogP contribution in [0.3, 0.4) is 0 Å². The van der Waals surface area contributed by atoms with Crippen LogP contribution in [0.15, 0.2) is 12.2 Å². The maximum atomic E-state index is 11.1. The van der Waals surface area contributed by atoms with Crippen LogP contribution < -0.4 is 0 Å². The molecule has 5 nitrogen and oxygen atoms in total. The highest BCUT2D eigenvalue weighted by Gasteiger charge is 2.18. The molecular weight excluding hydrogens is 198 g/mol. The minimum atomic E-state index is -0.940. The van der Waals surface area contributed by atoms with E-state index in [1.54, 1.807) is 6.07 Å². The SMILES string of the molecule is C=C(C#N)C(=O)OC(CCC)OC(C)=O. The van der Waals surface area contributed by atoms with Gasteiger partial charge in [-0.1, -0.05) is 13.5 Å². The third kappa shape index (κ3) is 5.47. The zero-order valence-corrected chi connectivity index (χ0v) is 8.78. The molecule has 1 unspecified atom stereocenters. The Hall–Kier alpha value is -1.83. The fourth-order valence-corrected chi connectivity index (χ4v) is 0.799. The molecule has 1 atom stereocenters. The second-order valence-corrected chi connectivity index (χ2v) is 2.82. The third-order valence-electron chi connectivity index (χ3n) is 1.44. The molecule has 0 saturated carbocycles. The maximum absolute atomic E-state index is 11.1. The van der Waals surface area contributed by atoms with Crippen LogP contribution in [-0.4, -0.2) is 18.2 Å². The third-order valence-corrected chi connectivity index (χ3v) is 1.44. The molecule has 0 aromatic heterocycles. The first-order valence-corrected chi connectivity index (χ1v) is 4.48. The number of nitriles is 1. The lowest BCUT2D eigenvalue weighted by molar-refractivity contribution is -0.184. The van der Waals surface area contributed by atoms with Gasteiger partial charge in [0.15, 0.2) is 0 Å². The monoisotopic (exact) mass is 211 g/mol. The van der Waals surface area contributed by atoms with Gasteiger partial charge in [0.25, 0.3) is 0 Å². The Bertz CT molecular complexity index is 303. The van der Waals surface area contributed by atoms with Crippen molar-refractivity contribution in [2.45, 2.75) is 33.0 Å². The van der Waals surface area contributed by atoms with Crippen molar-refractivity contribution in [1.82, 2.24) is 0 Å². The van der Waals surface area contributed by atoms with Crippen molar-refractivity contribution >= 4 is 11.9 Å². The van der Waals surface area contributed by atoms with Gasteiger partial charge in [-0.15, -0.1) is 0 Å². The quantitative estimate of drug-likeness (QED) is 0.296. The summed E-state index contributed by atoms with van der Waals surface area (Å²) in [5.41, 5.74) is -0.316. The summed E-state index contributed by atoms with van der Waals surface area (Å²) in [7, 11) is 0. The Kier molecular flexibility index (Phi) is 5.79. The Morgan fingerprint density at radius 1 is 1.47 bits per heavy atom. The molecule has 0 spiro atoms. The predicted octanol–water partition coefficient (Wildman–Crippen LogP) is 1.30. The molecule has 0 amide bonds. The van der Waals surface area contributed by atoms with E-state index in [2.05, 4.69) is 6.58 Å². The van der Waals surface area contributed by atoms with Crippen molar-refractivity contribution in [3.05, 3.63) is 12.2 Å². The summed E-state index contributed by atoms with van der Waals surface area (Å²) in [5.74, 6) is -1.40. The van der Waals surface area contributed by atoms with Gasteiger partial charge in [0.1, 0.15) is 11.6 Å². The van der Waals surface area contributed by atoms with Gasteiger partial charge in [0.2, 0.25) is 6.29 Å². The van der Waals surface area contributed by atoms with Crippen LogP contribution in [0, 0.1) is 11.3 Å². The van der Waals surface area contributed by atoms with Gasteiger partial charge in [0, 0.05) is 13.3 Å². The molecule has 0 saturated heterocycles. The van der Waals surface area contributed by atoms with E-state index in [4.69, 9.17) is 14.7 Å². The number of hydrogen-bond donors (Lipinski definition) is 0. The highest BCUT2D eigenvalue weighted by molar-refractivity contribution is 5.92. The minimum absolute atomic E-state index is 0.316. The second kappa shape index (κ2) is 6.60. The summed E-state index contributed by atoms with van der Waals surface area (Å²) in [4.78, 5) is 21.8. The van der Waals surface area contributed by atoms with E-state index in [0.717, 1.165) is 0 Å². The van der Waals surface area contributed by atoms with Crippen molar-refractivity contribution < 1.29 is 19.1 Å². The average molecular weight is 211 g/mol. The Morgan fingerprint density at radius 2 is 2.07 bits per heavy atom. The van der Waals surface area contributed by atoms with Crippen molar-refractivity contribution in [3.8, 4) is 6.07 Å². The number of ether oxygens (including phenoxy) is 2. The number of carbonyl (C=O) groups excluding carboxylic acids is 2. The number of rotatable bonds is 5. The predicted molar refractivity (Wildman–Crippen MR) is 51.3 cm³/mol. The van der Waals surface area contributed by atoms with E-state index in [9.17, 15) is 9.59 Å². The van der Waals surface area contributed by atoms with Gasteiger partial charge in [-0.05, 0) is 6.42 Å². The van der Waals surface area contributed by atoms with E-state index in [0.29, 0.717) is 12.8 Å². The zero-order valence-electron chi connectivity index (χ0n) is 8.78. The molecule has 0 aromatic carbocycles. The Morgan fingerprint density at radius 3 is 2.47 bits per heavy atom. The van der Waals surface area contributed by atoms with Crippen LogP contribution >= 0.6 is 0 Å². The van der Waals surface area contributed by atoms with E-state index in [1.807, 2.05) is 6.92 Å². The van der Waals surface area contributed by atoms with E-state index in [-0.39, 0.29) is 5.57 Å². The zero-order chi connectivity index (χ0) is 11.8. The molecule has 0 heterocycles. The second-order valence-electron chi connectivity index (χ2n) is 2.82. The summed E-state index contributed by atoms with van der Waals surface area (Å²) < 4.78 is 9.47. The lowest BCUT2D eigenvalue weighted by Crippen LogP contribution is -2.23. The normalized spacial score (nSPS) is 11.0. The van der Waals surface area contributed by atoms with Crippen molar-refractivity contribution in [3.63, 3.8) is 0 Å². The molecule has 0 bridgehead atoms. The molecule has 0 aliphatic carbocycles. The van der Waals surface area contributed by atoms with E-state index >= 15 is 0 Å². The first-order valence-electron chi connectivity index (χ1n) is 4.48. The average Bonchev–Trinajstić information content (AvgIpc) is 2.15. The topological polar surface area (TPSA) is 76.4 Å². The molecule has 0 radical (unpaired) electrons. The van der Waals surface area contributed by atoms with Gasteiger partial charge in [-0.3, -0.25) is 4.79 Å². The number of hydrogen-bond acceptors (Lipinski definition) is 5. The molecule has 0 fully saturated rings.